The van der Waals surface area contributed by atoms with Crippen LogP contribution in [0.5, 0.6) is 0 Å². The first-order valence-electron chi connectivity index (χ1n) is 7.68. The third-order valence-corrected chi connectivity index (χ3v) is 4.11. The molecule has 7 heteroatoms. The van der Waals surface area contributed by atoms with Crippen molar-refractivity contribution in [3.63, 3.8) is 0 Å². The van der Waals surface area contributed by atoms with Gasteiger partial charge in [0.25, 0.3) is 0 Å². The Morgan fingerprint density at radius 3 is 2.82 bits per heavy atom. The van der Waals surface area contributed by atoms with Crippen LogP contribution in [0.3, 0.4) is 0 Å². The minimum absolute atomic E-state index is 0.00724. The molecule has 1 aliphatic carbocycles. The Kier molecular flexibility index (Phi) is 5.54. The third kappa shape index (κ3) is 4.56. The van der Waals surface area contributed by atoms with Gasteiger partial charge in [0.1, 0.15) is 5.76 Å². The molecule has 0 radical (unpaired) electrons. The lowest BCUT2D eigenvalue weighted by Gasteiger charge is -2.29. The molecule has 1 aromatic rings. The number of amides is 2. The number of hydrogen-bond acceptors (Lipinski definition) is 5. The number of carbonyl (C=O) groups is 2. The van der Waals surface area contributed by atoms with Gasteiger partial charge in [-0.15, -0.1) is 0 Å². The van der Waals surface area contributed by atoms with Crippen molar-refractivity contribution in [1.29, 1.82) is 0 Å². The second-order valence-electron chi connectivity index (χ2n) is 6.03. The number of nitrogens with one attached hydrogen (secondary N) is 1. The predicted octanol–water partition coefficient (Wildman–Crippen LogP) is 1.29. The van der Waals surface area contributed by atoms with E-state index in [1.165, 1.54) is 4.90 Å². The molecule has 0 aromatic carbocycles. The Morgan fingerprint density at radius 2 is 2.18 bits per heavy atom. The summed E-state index contributed by atoms with van der Waals surface area (Å²) in [6.07, 6.45) is 4.65. The van der Waals surface area contributed by atoms with E-state index >= 15 is 0 Å². The van der Waals surface area contributed by atoms with Crippen molar-refractivity contribution in [2.45, 2.75) is 45.1 Å². The maximum absolute atomic E-state index is 12.2. The summed E-state index contributed by atoms with van der Waals surface area (Å²) in [4.78, 5) is 25.5. The van der Waals surface area contributed by atoms with Gasteiger partial charge in [0.05, 0.1) is 6.54 Å². The Labute approximate surface area is 130 Å². The number of aryl methyl sites for hydroxylation is 1. The molecule has 1 aromatic heterocycles. The van der Waals surface area contributed by atoms with Gasteiger partial charge >= 0.3 is 0 Å². The van der Waals surface area contributed by atoms with E-state index in [4.69, 9.17) is 10.3 Å². The van der Waals surface area contributed by atoms with Crippen molar-refractivity contribution in [3.8, 4) is 0 Å². The van der Waals surface area contributed by atoms with E-state index in [2.05, 4.69) is 10.5 Å². The molecular formula is C15H24N4O3. The molecule has 0 saturated heterocycles. The Morgan fingerprint density at radius 1 is 1.45 bits per heavy atom. The largest absolute Gasteiger partial charge is 0.360 e. The number of rotatable bonds is 5. The Hall–Kier alpha value is -1.89. The maximum Gasteiger partial charge on any atom is 0.245 e. The highest BCUT2D eigenvalue weighted by Gasteiger charge is 2.26. The van der Waals surface area contributed by atoms with Crippen LogP contribution in [0.2, 0.25) is 0 Å². The van der Waals surface area contributed by atoms with E-state index in [0.717, 1.165) is 25.7 Å². The normalized spacial score (nSPS) is 21.4. The molecule has 22 heavy (non-hydrogen) atoms. The van der Waals surface area contributed by atoms with Gasteiger partial charge < -0.3 is 20.5 Å². The van der Waals surface area contributed by atoms with Gasteiger partial charge in [-0.05, 0) is 25.7 Å². The first kappa shape index (κ1) is 16.5. The number of anilines is 1. The van der Waals surface area contributed by atoms with Crippen LogP contribution >= 0.6 is 0 Å². The molecule has 122 valence electrons. The zero-order valence-electron chi connectivity index (χ0n) is 13.2. The lowest BCUT2D eigenvalue weighted by atomic mass is 9.83. The van der Waals surface area contributed by atoms with E-state index < -0.39 is 0 Å². The molecule has 2 unspecified atom stereocenters. The lowest BCUT2D eigenvalue weighted by molar-refractivity contribution is -0.134. The SMILES string of the molecule is Cc1cc(NC(=O)CN(C)C(=O)CC2CCCCC2N)no1. The molecule has 0 spiro atoms. The quantitative estimate of drug-likeness (QED) is 0.853. The molecule has 1 fully saturated rings. The number of likely N-dealkylation sites (N-methyl/N-ethyl adjacent to an activating group) is 1. The molecule has 1 saturated carbocycles. The van der Waals surface area contributed by atoms with Crippen molar-refractivity contribution in [1.82, 2.24) is 10.1 Å². The van der Waals surface area contributed by atoms with E-state index in [0.29, 0.717) is 18.0 Å². The molecule has 1 heterocycles. The van der Waals surface area contributed by atoms with Gasteiger partial charge in [-0.3, -0.25) is 9.59 Å². The second kappa shape index (κ2) is 7.40. The van der Waals surface area contributed by atoms with Crippen LogP contribution in [0, 0.1) is 12.8 Å². The van der Waals surface area contributed by atoms with Gasteiger partial charge in [0, 0.05) is 25.6 Å². The van der Waals surface area contributed by atoms with Crippen LogP contribution in [0.25, 0.3) is 0 Å². The van der Waals surface area contributed by atoms with Crippen molar-refractivity contribution in [2.75, 3.05) is 18.9 Å². The first-order chi connectivity index (χ1) is 10.5. The van der Waals surface area contributed by atoms with Crippen molar-refractivity contribution < 1.29 is 14.1 Å². The van der Waals surface area contributed by atoms with E-state index in [1.807, 2.05) is 0 Å². The smallest absolute Gasteiger partial charge is 0.245 e. The van der Waals surface area contributed by atoms with Crippen molar-refractivity contribution in [3.05, 3.63) is 11.8 Å². The summed E-state index contributed by atoms with van der Waals surface area (Å²) in [7, 11) is 1.63. The third-order valence-electron chi connectivity index (χ3n) is 4.11. The summed E-state index contributed by atoms with van der Waals surface area (Å²) >= 11 is 0. The van der Waals surface area contributed by atoms with Gasteiger partial charge in [-0.1, -0.05) is 18.0 Å². The summed E-state index contributed by atoms with van der Waals surface area (Å²) in [6.45, 7) is 1.73. The highest BCUT2D eigenvalue weighted by molar-refractivity contribution is 5.93. The highest BCUT2D eigenvalue weighted by Crippen LogP contribution is 2.26. The fourth-order valence-electron chi connectivity index (χ4n) is 2.78. The number of aromatic nitrogens is 1. The molecule has 3 N–H and O–H groups in total. The first-order valence-corrected chi connectivity index (χ1v) is 7.68. The van der Waals surface area contributed by atoms with Crippen LogP contribution < -0.4 is 11.1 Å². The van der Waals surface area contributed by atoms with E-state index in [1.54, 1.807) is 20.0 Å². The summed E-state index contributed by atoms with van der Waals surface area (Å²) in [5.74, 6) is 0.861. The number of carbonyl (C=O) groups excluding carboxylic acids is 2. The topological polar surface area (TPSA) is 101 Å². The van der Waals surface area contributed by atoms with Crippen LogP contribution in [0.4, 0.5) is 5.82 Å². The summed E-state index contributed by atoms with van der Waals surface area (Å²) in [6, 6.07) is 1.72. The molecular weight excluding hydrogens is 284 g/mol. The molecule has 2 rings (SSSR count). The molecule has 1 aliphatic rings. The minimum Gasteiger partial charge on any atom is -0.360 e. The number of nitrogens with two attached hydrogens (primary N) is 1. The molecule has 0 aliphatic heterocycles. The average molecular weight is 308 g/mol. The maximum atomic E-state index is 12.2. The van der Waals surface area contributed by atoms with Crippen LogP contribution in [0.15, 0.2) is 10.6 Å². The lowest BCUT2D eigenvalue weighted by Crippen LogP contribution is -2.40. The monoisotopic (exact) mass is 308 g/mol. The van der Waals surface area contributed by atoms with Crippen LogP contribution in [0.1, 0.15) is 37.9 Å². The number of nitrogens with zero attached hydrogens (tertiary/aromatic N) is 2. The van der Waals surface area contributed by atoms with Gasteiger partial charge in [0.15, 0.2) is 5.82 Å². The molecule has 7 nitrogen and oxygen atoms in total. The van der Waals surface area contributed by atoms with E-state index in [-0.39, 0.29) is 30.3 Å². The Bertz CT molecular complexity index is 529. The molecule has 2 atom stereocenters. The highest BCUT2D eigenvalue weighted by atomic mass is 16.5. The van der Waals surface area contributed by atoms with Gasteiger partial charge in [0.2, 0.25) is 11.8 Å². The number of hydrogen-bond donors (Lipinski definition) is 2. The standard InChI is InChI=1S/C15H24N4O3/c1-10-7-13(18-22-10)17-14(20)9-19(2)15(21)8-11-5-3-4-6-12(11)16/h7,11-12H,3-6,8-9,16H2,1-2H3,(H,17,18,20). The summed E-state index contributed by atoms with van der Waals surface area (Å²) < 4.78 is 4.87. The fraction of sp³-hybridized carbons (Fsp3) is 0.667. The molecule has 0 bridgehead atoms. The Balaban J connectivity index is 1.79. The molecule has 2 amide bonds. The van der Waals surface area contributed by atoms with Gasteiger partial charge in [-0.2, -0.15) is 0 Å². The fourth-order valence-corrected chi connectivity index (χ4v) is 2.78. The summed E-state index contributed by atoms with van der Waals surface area (Å²) in [5.41, 5.74) is 6.06. The van der Waals surface area contributed by atoms with Gasteiger partial charge in [-0.25, -0.2) is 0 Å². The minimum atomic E-state index is -0.294. The zero-order valence-corrected chi connectivity index (χ0v) is 13.2. The zero-order chi connectivity index (χ0) is 16.1. The van der Waals surface area contributed by atoms with Crippen molar-refractivity contribution in [2.24, 2.45) is 11.7 Å². The second-order valence-corrected chi connectivity index (χ2v) is 6.03. The van der Waals surface area contributed by atoms with Crippen LogP contribution in [-0.4, -0.2) is 41.5 Å². The summed E-state index contributed by atoms with van der Waals surface area (Å²) in [5, 5.41) is 6.28. The van der Waals surface area contributed by atoms with Crippen LogP contribution in [-0.2, 0) is 9.59 Å². The average Bonchev–Trinajstić information content (AvgIpc) is 2.86. The predicted molar refractivity (Wildman–Crippen MR) is 82.1 cm³/mol. The van der Waals surface area contributed by atoms with Crippen molar-refractivity contribution >= 4 is 17.6 Å². The van der Waals surface area contributed by atoms with E-state index in [9.17, 15) is 9.59 Å².